The molecule has 2 N–H and O–H groups in total. The number of guanidine groups is 1. The third kappa shape index (κ3) is 8.56. The number of hydrogen-bond acceptors (Lipinski definition) is 3. The minimum atomic E-state index is 0.548. The summed E-state index contributed by atoms with van der Waals surface area (Å²) in [5.41, 5.74) is 1.13. The van der Waals surface area contributed by atoms with Crippen molar-refractivity contribution < 1.29 is 0 Å². The van der Waals surface area contributed by atoms with Crippen molar-refractivity contribution in [2.45, 2.75) is 26.7 Å². The van der Waals surface area contributed by atoms with E-state index in [9.17, 15) is 0 Å². The highest BCUT2D eigenvalue weighted by molar-refractivity contribution is 6.35. The van der Waals surface area contributed by atoms with Crippen molar-refractivity contribution in [3.63, 3.8) is 0 Å². The van der Waals surface area contributed by atoms with Crippen LogP contribution in [0.1, 0.15) is 25.8 Å². The second kappa shape index (κ2) is 12.5. The predicted molar refractivity (Wildman–Crippen MR) is 122 cm³/mol. The third-order valence-electron chi connectivity index (χ3n) is 5.00. The summed E-state index contributed by atoms with van der Waals surface area (Å²) in [5, 5.41) is 8.20. The minimum Gasteiger partial charge on any atom is -0.357 e. The average Bonchev–Trinajstić information content (AvgIpc) is 2.66. The molecule has 1 aromatic carbocycles. The summed E-state index contributed by atoms with van der Waals surface area (Å²) >= 11 is 12.2. The Morgan fingerprint density at radius 3 is 2.61 bits per heavy atom. The van der Waals surface area contributed by atoms with E-state index >= 15 is 0 Å². The van der Waals surface area contributed by atoms with Crippen molar-refractivity contribution in [1.29, 1.82) is 0 Å². The molecule has 0 radical (unpaired) electrons. The Bertz CT molecular complexity index is 615. The van der Waals surface area contributed by atoms with Gasteiger partial charge in [-0.2, -0.15) is 0 Å². The number of rotatable bonds is 9. The zero-order chi connectivity index (χ0) is 20.4. The first-order valence-electron chi connectivity index (χ1n) is 10.3. The molecule has 0 aromatic heterocycles. The quantitative estimate of drug-likeness (QED) is 0.360. The molecule has 1 unspecified atom stereocenters. The molecule has 1 aromatic rings. The molecule has 1 atom stereocenters. The monoisotopic (exact) mass is 427 g/mol. The second-order valence-electron chi connectivity index (χ2n) is 7.69. The van der Waals surface area contributed by atoms with Gasteiger partial charge < -0.3 is 20.4 Å². The molecule has 158 valence electrons. The van der Waals surface area contributed by atoms with E-state index in [4.69, 9.17) is 28.2 Å². The lowest BCUT2D eigenvalue weighted by molar-refractivity contribution is 0.140. The highest BCUT2D eigenvalue weighted by atomic mass is 35.5. The maximum absolute atomic E-state index is 6.25. The second-order valence-corrected chi connectivity index (χ2v) is 8.54. The molecular formula is C21H35Cl2N5. The lowest BCUT2D eigenvalue weighted by atomic mass is 10.1. The fourth-order valence-corrected chi connectivity index (χ4v) is 3.83. The molecule has 5 nitrogen and oxygen atoms in total. The third-order valence-corrected chi connectivity index (χ3v) is 5.59. The summed E-state index contributed by atoms with van der Waals surface area (Å²) < 4.78 is 0. The summed E-state index contributed by atoms with van der Waals surface area (Å²) in [5.74, 6) is 1.45. The van der Waals surface area contributed by atoms with E-state index in [1.807, 2.05) is 12.1 Å². The summed E-state index contributed by atoms with van der Waals surface area (Å²) in [6, 6.07) is 5.70. The van der Waals surface area contributed by atoms with E-state index < -0.39 is 0 Å². The number of nitrogens with one attached hydrogen (secondary N) is 2. The summed E-state index contributed by atoms with van der Waals surface area (Å²) in [6.07, 6.45) is 1.91. The standard InChI is InChI=1S/C21H35Cl2N5/c1-4-24-21(25-9-5-6-18-7-8-19(22)14-20(18)23)26-15-17(2)16-28-12-10-27(3)11-13-28/h7-8,14,17H,4-6,9-13,15-16H2,1-3H3,(H2,24,25,26). The summed E-state index contributed by atoms with van der Waals surface area (Å²) in [4.78, 5) is 9.73. The molecule has 0 aliphatic carbocycles. The van der Waals surface area contributed by atoms with Gasteiger partial charge in [0.25, 0.3) is 0 Å². The number of halogens is 2. The van der Waals surface area contributed by atoms with Gasteiger partial charge in [0, 0.05) is 62.4 Å². The molecular weight excluding hydrogens is 393 g/mol. The van der Waals surface area contributed by atoms with Crippen LogP contribution in [0.15, 0.2) is 23.2 Å². The van der Waals surface area contributed by atoms with Gasteiger partial charge in [0.05, 0.1) is 0 Å². The maximum Gasteiger partial charge on any atom is 0.191 e. The van der Waals surface area contributed by atoms with Gasteiger partial charge in [0.2, 0.25) is 0 Å². The molecule has 0 spiro atoms. The fraction of sp³-hybridized carbons (Fsp3) is 0.667. The number of aliphatic imine (C=N–C) groups is 1. The molecule has 1 aliphatic heterocycles. The Kier molecular flexibility index (Phi) is 10.4. The van der Waals surface area contributed by atoms with Gasteiger partial charge in [-0.25, -0.2) is 0 Å². The maximum atomic E-state index is 6.25. The van der Waals surface area contributed by atoms with Crippen LogP contribution in [-0.2, 0) is 6.42 Å². The van der Waals surface area contributed by atoms with Crippen LogP contribution in [0.4, 0.5) is 0 Å². The number of piperazine rings is 1. The van der Waals surface area contributed by atoms with Gasteiger partial charge in [-0.1, -0.05) is 36.2 Å². The Labute approximate surface area is 180 Å². The number of hydrogen-bond donors (Lipinski definition) is 2. The number of aryl methyl sites for hydroxylation is 1. The van der Waals surface area contributed by atoms with Crippen LogP contribution in [-0.4, -0.2) is 75.2 Å². The van der Waals surface area contributed by atoms with Crippen LogP contribution in [0.2, 0.25) is 10.0 Å². The van der Waals surface area contributed by atoms with Crippen molar-refractivity contribution >= 4 is 29.2 Å². The molecule has 1 aliphatic rings. The lowest BCUT2D eigenvalue weighted by Crippen LogP contribution is -2.46. The Morgan fingerprint density at radius 1 is 1.18 bits per heavy atom. The Morgan fingerprint density at radius 2 is 1.93 bits per heavy atom. The molecule has 1 heterocycles. The van der Waals surface area contributed by atoms with Gasteiger partial charge in [-0.05, 0) is 50.4 Å². The first-order chi connectivity index (χ1) is 13.5. The van der Waals surface area contributed by atoms with Crippen LogP contribution in [0.25, 0.3) is 0 Å². The summed E-state index contributed by atoms with van der Waals surface area (Å²) in [6.45, 7) is 12.7. The van der Waals surface area contributed by atoms with E-state index in [-0.39, 0.29) is 0 Å². The van der Waals surface area contributed by atoms with Crippen LogP contribution in [0.3, 0.4) is 0 Å². The molecule has 0 saturated carbocycles. The lowest BCUT2D eigenvalue weighted by Gasteiger charge is -2.33. The zero-order valence-corrected chi connectivity index (χ0v) is 19.0. The van der Waals surface area contributed by atoms with Gasteiger partial charge in [-0.3, -0.25) is 4.99 Å². The predicted octanol–water partition coefficient (Wildman–Crippen LogP) is 3.36. The van der Waals surface area contributed by atoms with Gasteiger partial charge in [-0.15, -0.1) is 0 Å². The molecule has 0 amide bonds. The van der Waals surface area contributed by atoms with Crippen molar-refractivity contribution in [2.24, 2.45) is 10.9 Å². The van der Waals surface area contributed by atoms with E-state index in [1.165, 1.54) is 0 Å². The van der Waals surface area contributed by atoms with Crippen LogP contribution in [0, 0.1) is 5.92 Å². The Hall–Kier alpha value is -1.01. The van der Waals surface area contributed by atoms with Gasteiger partial charge in [0.1, 0.15) is 0 Å². The number of nitrogens with zero attached hydrogens (tertiary/aromatic N) is 3. The Balaban J connectivity index is 1.71. The zero-order valence-electron chi connectivity index (χ0n) is 17.5. The van der Waals surface area contributed by atoms with E-state index in [0.717, 1.165) is 81.7 Å². The molecule has 28 heavy (non-hydrogen) atoms. The van der Waals surface area contributed by atoms with E-state index in [1.54, 1.807) is 6.07 Å². The molecule has 2 rings (SSSR count). The fourth-order valence-electron chi connectivity index (χ4n) is 3.33. The van der Waals surface area contributed by atoms with Crippen LogP contribution >= 0.6 is 23.2 Å². The van der Waals surface area contributed by atoms with Crippen molar-refractivity contribution in [2.75, 3.05) is 59.4 Å². The molecule has 0 bridgehead atoms. The highest BCUT2D eigenvalue weighted by Gasteiger charge is 2.16. The largest absolute Gasteiger partial charge is 0.357 e. The van der Waals surface area contributed by atoms with Crippen molar-refractivity contribution in [1.82, 2.24) is 20.4 Å². The first-order valence-corrected chi connectivity index (χ1v) is 11.1. The van der Waals surface area contributed by atoms with Crippen LogP contribution in [0.5, 0.6) is 0 Å². The SMILES string of the molecule is CCNC(=NCC(C)CN1CCN(C)CC1)NCCCc1ccc(Cl)cc1Cl. The minimum absolute atomic E-state index is 0.548. The average molecular weight is 428 g/mol. The topological polar surface area (TPSA) is 42.9 Å². The van der Waals surface area contributed by atoms with E-state index in [2.05, 4.69) is 41.3 Å². The molecule has 1 saturated heterocycles. The highest BCUT2D eigenvalue weighted by Crippen LogP contribution is 2.21. The smallest absolute Gasteiger partial charge is 0.191 e. The normalized spacial score (nSPS) is 17.5. The number of likely N-dealkylation sites (N-methyl/N-ethyl adjacent to an activating group) is 1. The summed E-state index contributed by atoms with van der Waals surface area (Å²) in [7, 11) is 2.19. The van der Waals surface area contributed by atoms with Gasteiger partial charge in [0.15, 0.2) is 5.96 Å². The van der Waals surface area contributed by atoms with E-state index in [0.29, 0.717) is 10.9 Å². The van der Waals surface area contributed by atoms with Crippen molar-refractivity contribution in [3.05, 3.63) is 33.8 Å². The first kappa shape index (κ1) is 23.3. The van der Waals surface area contributed by atoms with Crippen molar-refractivity contribution in [3.8, 4) is 0 Å². The van der Waals surface area contributed by atoms with Crippen LogP contribution < -0.4 is 10.6 Å². The number of benzene rings is 1. The van der Waals surface area contributed by atoms with Gasteiger partial charge >= 0.3 is 0 Å². The molecule has 7 heteroatoms. The molecule has 1 fully saturated rings.